The highest BCUT2D eigenvalue weighted by Gasteiger charge is 2.15. The van der Waals surface area contributed by atoms with Crippen LogP contribution in [0.1, 0.15) is 18.5 Å². The van der Waals surface area contributed by atoms with Gasteiger partial charge in [-0.3, -0.25) is 4.79 Å². The number of nitrogens with one attached hydrogen (secondary N) is 2. The number of hydrogen-bond acceptors (Lipinski definition) is 4. The van der Waals surface area contributed by atoms with Crippen LogP contribution in [0, 0.1) is 0 Å². The Bertz CT molecular complexity index is 788. The number of likely N-dealkylation sites (N-methyl/N-ethyl adjacent to an activating group) is 1. The van der Waals surface area contributed by atoms with E-state index in [-0.39, 0.29) is 18.0 Å². The number of hydrogen-bond donors (Lipinski definition) is 2. The molecule has 2 rings (SSSR count). The summed E-state index contributed by atoms with van der Waals surface area (Å²) in [5.74, 6) is 0.748. The fraction of sp³-hybridized carbons (Fsp3) is 0.333. The summed E-state index contributed by atoms with van der Waals surface area (Å²) >= 11 is 0. The van der Waals surface area contributed by atoms with Gasteiger partial charge in [-0.25, -0.2) is 4.79 Å². The standard InChI is InChI=1S/C21H28N4O3/c1-15(26)25(4)18-10-8-17(9-11-18)23-21(27)22-14-20(24(2)3)16-6-12-19(28-5)13-7-16/h6-13,20H,14H2,1-5H3,(H2,22,23,27). The molecule has 0 radical (unpaired) electrons. The molecule has 0 aliphatic heterocycles. The minimum absolute atomic E-state index is 0.0308. The molecule has 3 amide bonds. The minimum Gasteiger partial charge on any atom is -0.497 e. The van der Waals surface area contributed by atoms with Gasteiger partial charge in [0.1, 0.15) is 5.75 Å². The molecule has 28 heavy (non-hydrogen) atoms. The van der Waals surface area contributed by atoms with E-state index in [2.05, 4.69) is 15.5 Å². The van der Waals surface area contributed by atoms with Crippen molar-refractivity contribution < 1.29 is 14.3 Å². The first kappa shape index (κ1) is 21.2. The Balaban J connectivity index is 1.94. The number of carbonyl (C=O) groups is 2. The van der Waals surface area contributed by atoms with Crippen molar-refractivity contribution in [2.75, 3.05) is 45.0 Å². The van der Waals surface area contributed by atoms with Gasteiger partial charge < -0.3 is 25.2 Å². The van der Waals surface area contributed by atoms with Gasteiger partial charge in [0.2, 0.25) is 5.91 Å². The lowest BCUT2D eigenvalue weighted by Gasteiger charge is -2.25. The second-order valence-corrected chi connectivity index (χ2v) is 6.71. The number of nitrogens with zero attached hydrogens (tertiary/aromatic N) is 2. The lowest BCUT2D eigenvalue weighted by atomic mass is 10.1. The average Bonchev–Trinajstić information content (AvgIpc) is 2.68. The van der Waals surface area contributed by atoms with Crippen molar-refractivity contribution in [3.63, 3.8) is 0 Å². The van der Waals surface area contributed by atoms with Gasteiger partial charge in [0.05, 0.1) is 13.2 Å². The molecule has 7 nitrogen and oxygen atoms in total. The molecule has 1 atom stereocenters. The first-order valence-electron chi connectivity index (χ1n) is 9.01. The lowest BCUT2D eigenvalue weighted by molar-refractivity contribution is -0.116. The fourth-order valence-electron chi connectivity index (χ4n) is 2.74. The van der Waals surface area contributed by atoms with Gasteiger partial charge in [0.15, 0.2) is 0 Å². The van der Waals surface area contributed by atoms with E-state index in [0.29, 0.717) is 12.2 Å². The van der Waals surface area contributed by atoms with Crippen molar-refractivity contribution in [3.8, 4) is 5.75 Å². The number of anilines is 2. The molecule has 2 aromatic carbocycles. The molecule has 0 aromatic heterocycles. The number of rotatable bonds is 7. The smallest absolute Gasteiger partial charge is 0.319 e. The Morgan fingerprint density at radius 2 is 1.61 bits per heavy atom. The van der Waals surface area contributed by atoms with Crippen molar-refractivity contribution in [1.29, 1.82) is 0 Å². The van der Waals surface area contributed by atoms with E-state index in [9.17, 15) is 9.59 Å². The minimum atomic E-state index is -0.284. The van der Waals surface area contributed by atoms with Crippen LogP contribution < -0.4 is 20.3 Å². The Hall–Kier alpha value is -3.06. The zero-order valence-electron chi connectivity index (χ0n) is 17.0. The molecular weight excluding hydrogens is 356 g/mol. The Kier molecular flexibility index (Phi) is 7.40. The third-order valence-corrected chi connectivity index (χ3v) is 4.56. The zero-order valence-corrected chi connectivity index (χ0v) is 17.0. The Morgan fingerprint density at radius 3 is 2.11 bits per heavy atom. The summed E-state index contributed by atoms with van der Waals surface area (Å²) in [6, 6.07) is 14.7. The molecule has 0 bridgehead atoms. The topological polar surface area (TPSA) is 73.9 Å². The molecule has 1 unspecified atom stereocenters. The highest BCUT2D eigenvalue weighted by atomic mass is 16.5. The number of carbonyl (C=O) groups excluding carboxylic acids is 2. The van der Waals surface area contributed by atoms with Crippen LogP contribution in [0.15, 0.2) is 48.5 Å². The molecule has 0 aliphatic rings. The normalized spacial score (nSPS) is 11.6. The first-order chi connectivity index (χ1) is 13.3. The van der Waals surface area contributed by atoms with Crippen molar-refractivity contribution in [3.05, 3.63) is 54.1 Å². The third-order valence-electron chi connectivity index (χ3n) is 4.56. The quantitative estimate of drug-likeness (QED) is 0.769. The molecule has 2 N–H and O–H groups in total. The molecule has 0 saturated carbocycles. The maximum Gasteiger partial charge on any atom is 0.319 e. The molecule has 7 heteroatoms. The van der Waals surface area contributed by atoms with Gasteiger partial charge in [-0.15, -0.1) is 0 Å². The number of urea groups is 1. The molecule has 2 aromatic rings. The van der Waals surface area contributed by atoms with Gasteiger partial charge in [-0.1, -0.05) is 12.1 Å². The molecule has 0 aliphatic carbocycles. The predicted octanol–water partition coefficient (Wildman–Crippen LogP) is 3.10. The summed E-state index contributed by atoms with van der Waals surface area (Å²) in [6.07, 6.45) is 0. The van der Waals surface area contributed by atoms with E-state index >= 15 is 0 Å². The van der Waals surface area contributed by atoms with Gasteiger partial charge >= 0.3 is 6.03 Å². The molecule has 150 valence electrons. The largest absolute Gasteiger partial charge is 0.497 e. The van der Waals surface area contributed by atoms with Crippen molar-refractivity contribution >= 4 is 23.3 Å². The molecule has 0 saturated heterocycles. The summed E-state index contributed by atoms with van der Waals surface area (Å²) in [5, 5.41) is 5.72. The van der Waals surface area contributed by atoms with Gasteiger partial charge in [-0.05, 0) is 56.1 Å². The fourth-order valence-corrected chi connectivity index (χ4v) is 2.74. The summed E-state index contributed by atoms with van der Waals surface area (Å²) in [7, 11) is 7.28. The van der Waals surface area contributed by atoms with E-state index in [1.807, 2.05) is 38.4 Å². The zero-order chi connectivity index (χ0) is 20.7. The predicted molar refractivity (Wildman–Crippen MR) is 112 cm³/mol. The van der Waals surface area contributed by atoms with Crippen molar-refractivity contribution in [1.82, 2.24) is 10.2 Å². The van der Waals surface area contributed by atoms with Crippen LogP contribution in [-0.2, 0) is 4.79 Å². The van der Waals surface area contributed by atoms with Crippen molar-refractivity contribution in [2.24, 2.45) is 0 Å². The van der Waals surface area contributed by atoms with Crippen LogP contribution >= 0.6 is 0 Å². The second kappa shape index (κ2) is 9.75. The van der Waals surface area contributed by atoms with Crippen LogP contribution in [0.3, 0.4) is 0 Å². The van der Waals surface area contributed by atoms with Crippen molar-refractivity contribution in [2.45, 2.75) is 13.0 Å². The highest BCUT2D eigenvalue weighted by Crippen LogP contribution is 2.21. The maximum atomic E-state index is 12.3. The lowest BCUT2D eigenvalue weighted by Crippen LogP contribution is -2.36. The van der Waals surface area contributed by atoms with E-state index in [0.717, 1.165) is 17.0 Å². The maximum absolute atomic E-state index is 12.3. The summed E-state index contributed by atoms with van der Waals surface area (Å²) in [5.41, 5.74) is 2.51. The van der Waals surface area contributed by atoms with Crippen LogP contribution in [0.4, 0.5) is 16.2 Å². The molecule has 0 spiro atoms. The molecular formula is C21H28N4O3. The first-order valence-corrected chi connectivity index (χ1v) is 9.01. The SMILES string of the molecule is COc1ccc(C(CNC(=O)Nc2ccc(N(C)C(C)=O)cc2)N(C)C)cc1. The average molecular weight is 384 g/mol. The molecule has 0 fully saturated rings. The van der Waals surface area contributed by atoms with Crippen LogP contribution in [0.2, 0.25) is 0 Å². The van der Waals surface area contributed by atoms with Crippen LogP contribution in [0.25, 0.3) is 0 Å². The number of ether oxygens (including phenoxy) is 1. The van der Waals surface area contributed by atoms with Crippen LogP contribution in [-0.4, -0.2) is 51.6 Å². The summed E-state index contributed by atoms with van der Waals surface area (Å²) < 4.78 is 5.20. The van der Waals surface area contributed by atoms with E-state index < -0.39 is 0 Å². The summed E-state index contributed by atoms with van der Waals surface area (Å²) in [4.78, 5) is 27.3. The Labute approximate surface area is 166 Å². The highest BCUT2D eigenvalue weighted by molar-refractivity contribution is 5.92. The van der Waals surface area contributed by atoms with Gasteiger partial charge in [-0.2, -0.15) is 0 Å². The molecule has 0 heterocycles. The van der Waals surface area contributed by atoms with E-state index in [1.165, 1.54) is 6.92 Å². The Morgan fingerprint density at radius 1 is 1.00 bits per heavy atom. The van der Waals surface area contributed by atoms with Gasteiger partial charge in [0, 0.05) is 31.9 Å². The number of benzene rings is 2. The number of amides is 3. The van der Waals surface area contributed by atoms with Crippen LogP contribution in [0.5, 0.6) is 5.75 Å². The monoisotopic (exact) mass is 384 g/mol. The number of methoxy groups -OCH3 is 1. The second-order valence-electron chi connectivity index (χ2n) is 6.71. The summed E-state index contributed by atoms with van der Waals surface area (Å²) in [6.45, 7) is 1.96. The third kappa shape index (κ3) is 5.72. The van der Waals surface area contributed by atoms with E-state index in [4.69, 9.17) is 4.74 Å². The van der Waals surface area contributed by atoms with Gasteiger partial charge in [0.25, 0.3) is 0 Å². The van der Waals surface area contributed by atoms with E-state index in [1.54, 1.807) is 43.3 Å².